The molecule has 0 amide bonds. The van der Waals surface area contributed by atoms with Crippen molar-refractivity contribution in [1.82, 2.24) is 19.9 Å². The van der Waals surface area contributed by atoms with E-state index in [0.717, 1.165) is 23.2 Å². The number of aryl methyl sites for hydroxylation is 2. The van der Waals surface area contributed by atoms with Crippen molar-refractivity contribution < 1.29 is 4.52 Å². The first-order chi connectivity index (χ1) is 13.1. The van der Waals surface area contributed by atoms with Crippen LogP contribution in [-0.4, -0.2) is 19.9 Å². The van der Waals surface area contributed by atoms with Crippen LogP contribution in [0.4, 0.5) is 0 Å². The van der Waals surface area contributed by atoms with E-state index in [9.17, 15) is 4.79 Å². The Balaban J connectivity index is 1.71. The van der Waals surface area contributed by atoms with Gasteiger partial charge in [0.05, 0.1) is 5.69 Å². The van der Waals surface area contributed by atoms with Gasteiger partial charge in [-0.05, 0) is 31.0 Å². The second-order valence-electron chi connectivity index (χ2n) is 6.28. The zero-order valence-electron chi connectivity index (χ0n) is 15.1. The van der Waals surface area contributed by atoms with E-state index in [1.807, 2.05) is 55.5 Å². The highest BCUT2D eigenvalue weighted by atomic mass is 16.5. The molecule has 2 aromatic carbocycles. The van der Waals surface area contributed by atoms with Crippen LogP contribution in [0.3, 0.4) is 0 Å². The number of nitrogens with zero attached hydrogens (tertiary/aromatic N) is 4. The van der Waals surface area contributed by atoms with Crippen molar-refractivity contribution in [1.29, 1.82) is 0 Å². The average Bonchev–Trinajstić information content (AvgIpc) is 3.19. The average molecular weight is 358 g/mol. The lowest BCUT2D eigenvalue weighted by Crippen LogP contribution is -2.12. The third kappa shape index (κ3) is 3.42. The van der Waals surface area contributed by atoms with E-state index in [4.69, 9.17) is 4.52 Å². The number of rotatable bonds is 4. The molecule has 0 aliphatic heterocycles. The van der Waals surface area contributed by atoms with Gasteiger partial charge in [0, 0.05) is 17.8 Å². The molecule has 4 rings (SSSR count). The maximum atomic E-state index is 12.3. The van der Waals surface area contributed by atoms with E-state index in [2.05, 4.69) is 22.2 Å². The Kier molecular flexibility index (Phi) is 4.38. The van der Waals surface area contributed by atoms with Gasteiger partial charge >= 0.3 is 0 Å². The molecule has 0 N–H and O–H groups in total. The second kappa shape index (κ2) is 6.99. The topological polar surface area (TPSA) is 73.8 Å². The SMILES string of the molecule is CCc1ccc(-n2ccc(=O)c(-c3nc(-c4ccc(C)cc4)no3)n2)cc1. The maximum Gasteiger partial charge on any atom is 0.282 e. The Morgan fingerprint density at radius 1 is 1.00 bits per heavy atom. The molecule has 0 aliphatic rings. The van der Waals surface area contributed by atoms with Crippen LogP contribution in [0.2, 0.25) is 0 Å². The molecular weight excluding hydrogens is 340 g/mol. The molecule has 6 heteroatoms. The molecule has 0 atom stereocenters. The summed E-state index contributed by atoms with van der Waals surface area (Å²) in [6.07, 6.45) is 2.59. The van der Waals surface area contributed by atoms with Gasteiger partial charge in [-0.15, -0.1) is 0 Å². The lowest BCUT2D eigenvalue weighted by atomic mass is 10.1. The van der Waals surface area contributed by atoms with Crippen molar-refractivity contribution in [2.75, 3.05) is 0 Å². The fourth-order valence-electron chi connectivity index (χ4n) is 2.72. The van der Waals surface area contributed by atoms with Crippen molar-refractivity contribution in [3.63, 3.8) is 0 Å². The molecule has 0 fully saturated rings. The van der Waals surface area contributed by atoms with Crippen molar-refractivity contribution in [2.24, 2.45) is 0 Å². The molecule has 27 heavy (non-hydrogen) atoms. The van der Waals surface area contributed by atoms with Crippen LogP contribution in [0.25, 0.3) is 28.7 Å². The van der Waals surface area contributed by atoms with Gasteiger partial charge < -0.3 is 4.52 Å². The Morgan fingerprint density at radius 3 is 2.44 bits per heavy atom. The highest BCUT2D eigenvalue weighted by Crippen LogP contribution is 2.20. The summed E-state index contributed by atoms with van der Waals surface area (Å²) < 4.78 is 6.94. The third-order valence-corrected chi connectivity index (χ3v) is 4.36. The lowest BCUT2D eigenvalue weighted by molar-refractivity contribution is 0.429. The third-order valence-electron chi connectivity index (χ3n) is 4.36. The number of aromatic nitrogens is 4. The molecule has 0 aliphatic carbocycles. The van der Waals surface area contributed by atoms with Gasteiger partial charge in [0.15, 0.2) is 5.69 Å². The lowest BCUT2D eigenvalue weighted by Gasteiger charge is -2.06. The monoisotopic (exact) mass is 358 g/mol. The van der Waals surface area contributed by atoms with Gasteiger partial charge in [-0.25, -0.2) is 4.68 Å². The second-order valence-corrected chi connectivity index (χ2v) is 6.28. The fraction of sp³-hybridized carbons (Fsp3) is 0.143. The molecule has 2 aromatic heterocycles. The van der Waals surface area contributed by atoms with Crippen LogP contribution in [0, 0.1) is 6.92 Å². The summed E-state index contributed by atoms with van der Waals surface area (Å²) in [5, 5.41) is 8.38. The maximum absolute atomic E-state index is 12.3. The summed E-state index contributed by atoms with van der Waals surface area (Å²) in [5.41, 5.74) is 3.91. The first-order valence-corrected chi connectivity index (χ1v) is 8.74. The molecule has 6 nitrogen and oxygen atoms in total. The molecular formula is C21H18N4O2. The largest absolute Gasteiger partial charge is 0.332 e. The molecule has 0 saturated carbocycles. The van der Waals surface area contributed by atoms with E-state index < -0.39 is 0 Å². The van der Waals surface area contributed by atoms with Gasteiger partial charge in [0.1, 0.15) is 0 Å². The Hall–Kier alpha value is -3.54. The van der Waals surface area contributed by atoms with E-state index in [0.29, 0.717) is 5.82 Å². The summed E-state index contributed by atoms with van der Waals surface area (Å²) in [6, 6.07) is 17.2. The predicted octanol–water partition coefficient (Wildman–Crippen LogP) is 3.82. The van der Waals surface area contributed by atoms with Crippen molar-refractivity contribution in [2.45, 2.75) is 20.3 Å². The van der Waals surface area contributed by atoms with Crippen LogP contribution < -0.4 is 5.43 Å². The standard InChI is InChI=1S/C21H18N4O2/c1-3-15-6-10-17(11-7-15)25-13-12-18(26)19(23-25)21-22-20(24-27-21)16-8-4-14(2)5-9-16/h4-13H,3H2,1-2H3. The van der Waals surface area contributed by atoms with E-state index in [-0.39, 0.29) is 17.0 Å². The first kappa shape index (κ1) is 16.9. The van der Waals surface area contributed by atoms with Crippen molar-refractivity contribution in [3.8, 4) is 28.7 Å². The Morgan fingerprint density at radius 2 is 1.74 bits per heavy atom. The summed E-state index contributed by atoms with van der Waals surface area (Å²) in [4.78, 5) is 16.6. The first-order valence-electron chi connectivity index (χ1n) is 8.74. The van der Waals surface area contributed by atoms with Crippen LogP contribution in [0.1, 0.15) is 18.1 Å². The number of hydrogen-bond donors (Lipinski definition) is 0. The zero-order valence-corrected chi connectivity index (χ0v) is 15.1. The summed E-state index contributed by atoms with van der Waals surface area (Å²) in [5.74, 6) is 0.531. The normalized spacial score (nSPS) is 10.9. The molecule has 0 saturated heterocycles. The zero-order chi connectivity index (χ0) is 18.8. The van der Waals surface area contributed by atoms with Crippen LogP contribution in [-0.2, 0) is 6.42 Å². The van der Waals surface area contributed by atoms with E-state index in [1.54, 1.807) is 10.9 Å². The quantitative estimate of drug-likeness (QED) is 0.554. The highest BCUT2D eigenvalue weighted by Gasteiger charge is 2.16. The predicted molar refractivity (Wildman–Crippen MR) is 103 cm³/mol. The van der Waals surface area contributed by atoms with Gasteiger partial charge in [-0.1, -0.05) is 54.0 Å². The number of hydrogen-bond acceptors (Lipinski definition) is 5. The minimum atomic E-state index is -0.268. The molecule has 2 heterocycles. The summed E-state index contributed by atoms with van der Waals surface area (Å²) in [7, 11) is 0. The molecule has 0 unspecified atom stereocenters. The van der Waals surface area contributed by atoms with Gasteiger partial charge in [0.2, 0.25) is 11.3 Å². The minimum Gasteiger partial charge on any atom is -0.332 e. The fourth-order valence-corrected chi connectivity index (χ4v) is 2.72. The van der Waals surface area contributed by atoms with Crippen LogP contribution in [0.15, 0.2) is 70.1 Å². The van der Waals surface area contributed by atoms with Crippen molar-refractivity contribution in [3.05, 3.63) is 82.1 Å². The van der Waals surface area contributed by atoms with E-state index >= 15 is 0 Å². The molecule has 134 valence electrons. The van der Waals surface area contributed by atoms with Gasteiger partial charge in [-0.2, -0.15) is 10.1 Å². The summed E-state index contributed by atoms with van der Waals surface area (Å²) >= 11 is 0. The minimum absolute atomic E-state index is 0.107. The summed E-state index contributed by atoms with van der Waals surface area (Å²) in [6.45, 7) is 4.11. The van der Waals surface area contributed by atoms with Gasteiger partial charge in [0.25, 0.3) is 5.89 Å². The molecule has 0 spiro atoms. The van der Waals surface area contributed by atoms with E-state index in [1.165, 1.54) is 11.6 Å². The Labute approximate surface area is 156 Å². The highest BCUT2D eigenvalue weighted by molar-refractivity contribution is 5.58. The number of benzene rings is 2. The van der Waals surface area contributed by atoms with Gasteiger partial charge in [-0.3, -0.25) is 4.79 Å². The van der Waals surface area contributed by atoms with Crippen molar-refractivity contribution >= 4 is 0 Å². The van der Waals surface area contributed by atoms with Crippen LogP contribution in [0.5, 0.6) is 0 Å². The van der Waals surface area contributed by atoms with Crippen LogP contribution >= 0.6 is 0 Å². The molecule has 0 bridgehead atoms. The molecule has 4 aromatic rings. The Bertz CT molecular complexity index is 1130. The molecule has 0 radical (unpaired) electrons. The smallest absolute Gasteiger partial charge is 0.282 e.